The van der Waals surface area contributed by atoms with E-state index in [2.05, 4.69) is 37.5 Å². The molecule has 0 spiro atoms. The monoisotopic (exact) mass is 516 g/mol. The topological polar surface area (TPSA) is 94.6 Å². The fourth-order valence-corrected chi connectivity index (χ4v) is 5.13. The molecule has 0 unspecified atom stereocenters. The van der Waals surface area contributed by atoms with Crippen molar-refractivity contribution in [3.05, 3.63) is 30.5 Å². The fraction of sp³-hybridized carbons (Fsp3) is 0.500. The molecule has 2 aliphatic heterocycles. The van der Waals surface area contributed by atoms with Gasteiger partial charge in [-0.15, -0.1) is 10.2 Å². The third kappa shape index (κ3) is 4.25. The maximum absolute atomic E-state index is 15.1. The van der Waals surface area contributed by atoms with Gasteiger partial charge >= 0.3 is 0 Å². The quantitative estimate of drug-likeness (QED) is 0.401. The molecule has 37 heavy (non-hydrogen) atoms. The number of likely N-dealkylation sites (tertiary alicyclic amines) is 1. The summed E-state index contributed by atoms with van der Waals surface area (Å²) in [7, 11) is 1.51. The Hall–Kier alpha value is -3.45. The number of aromatic nitrogens is 6. The van der Waals surface area contributed by atoms with Crippen molar-refractivity contribution in [1.82, 2.24) is 34.5 Å². The van der Waals surface area contributed by atoms with Crippen LogP contribution in [0.1, 0.15) is 13.3 Å². The lowest BCUT2D eigenvalue weighted by Crippen LogP contribution is -2.64. The minimum atomic E-state index is -2.55. The Morgan fingerprint density at radius 3 is 2.81 bits per heavy atom. The Kier molecular flexibility index (Phi) is 5.91. The number of fused-ring (bicyclic) bond motifs is 2. The Morgan fingerprint density at radius 2 is 2.11 bits per heavy atom. The second-order valence-electron chi connectivity index (χ2n) is 9.82. The SMILES string of the molecule is COc1nc(N[C@H]2CCN(C3(C)COC3)C[C@H]2F)nn2ccc(-c3ccc4nnn(CC(F)F)c4c3)c12. The highest BCUT2D eigenvalue weighted by molar-refractivity contribution is 5.89. The average Bonchev–Trinajstić information content (AvgIpc) is 3.47. The van der Waals surface area contributed by atoms with E-state index in [1.165, 1.54) is 11.8 Å². The first kappa shape index (κ1) is 23.9. The van der Waals surface area contributed by atoms with Crippen LogP contribution in [-0.2, 0) is 11.3 Å². The van der Waals surface area contributed by atoms with E-state index >= 15 is 4.39 Å². The van der Waals surface area contributed by atoms with E-state index in [1.807, 2.05) is 12.1 Å². The van der Waals surface area contributed by atoms with E-state index in [4.69, 9.17) is 9.47 Å². The van der Waals surface area contributed by atoms with Gasteiger partial charge in [0.05, 0.1) is 37.4 Å². The molecule has 0 bridgehead atoms. The number of alkyl halides is 3. The van der Waals surface area contributed by atoms with Crippen LogP contribution in [0.4, 0.5) is 19.1 Å². The summed E-state index contributed by atoms with van der Waals surface area (Å²) >= 11 is 0. The predicted octanol–water partition coefficient (Wildman–Crippen LogP) is 3.03. The normalized spacial score (nSPS) is 22.0. The van der Waals surface area contributed by atoms with Crippen molar-refractivity contribution in [3.63, 3.8) is 0 Å². The first-order valence-corrected chi connectivity index (χ1v) is 12.1. The van der Waals surface area contributed by atoms with Crippen LogP contribution in [0.25, 0.3) is 27.7 Å². The van der Waals surface area contributed by atoms with E-state index < -0.39 is 25.2 Å². The summed E-state index contributed by atoms with van der Waals surface area (Å²) in [4.78, 5) is 6.67. The van der Waals surface area contributed by atoms with E-state index in [0.29, 0.717) is 48.6 Å². The maximum atomic E-state index is 15.1. The minimum Gasteiger partial charge on any atom is -0.479 e. The third-order valence-corrected chi connectivity index (χ3v) is 7.25. The van der Waals surface area contributed by atoms with Gasteiger partial charge in [-0.2, -0.15) is 4.98 Å². The molecule has 0 amide bonds. The van der Waals surface area contributed by atoms with Crippen molar-refractivity contribution < 1.29 is 22.6 Å². The number of benzene rings is 1. The Bertz CT molecular complexity index is 1440. The summed E-state index contributed by atoms with van der Waals surface area (Å²) in [6.07, 6.45) is -1.27. The van der Waals surface area contributed by atoms with Crippen molar-refractivity contribution in [1.29, 1.82) is 0 Å². The molecule has 1 N–H and O–H groups in total. The number of nitrogens with one attached hydrogen (secondary N) is 1. The molecule has 2 atom stereocenters. The van der Waals surface area contributed by atoms with Crippen LogP contribution >= 0.6 is 0 Å². The first-order valence-electron chi connectivity index (χ1n) is 12.1. The number of hydrogen-bond donors (Lipinski definition) is 1. The molecule has 2 fully saturated rings. The van der Waals surface area contributed by atoms with Gasteiger partial charge in [0.25, 0.3) is 6.43 Å². The van der Waals surface area contributed by atoms with Crippen LogP contribution < -0.4 is 10.1 Å². The lowest BCUT2D eigenvalue weighted by molar-refractivity contribution is -0.142. The summed E-state index contributed by atoms with van der Waals surface area (Å²) in [6, 6.07) is 6.74. The number of ether oxygens (including phenoxy) is 2. The lowest BCUT2D eigenvalue weighted by Gasteiger charge is -2.50. The van der Waals surface area contributed by atoms with Crippen LogP contribution in [-0.4, -0.2) is 92.1 Å². The zero-order chi connectivity index (χ0) is 25.7. The van der Waals surface area contributed by atoms with Gasteiger partial charge in [-0.05, 0) is 37.1 Å². The van der Waals surface area contributed by atoms with Crippen LogP contribution in [0.5, 0.6) is 5.88 Å². The zero-order valence-electron chi connectivity index (χ0n) is 20.4. The third-order valence-electron chi connectivity index (χ3n) is 7.25. The molecule has 4 aromatic rings. The molecule has 5 heterocycles. The van der Waals surface area contributed by atoms with Crippen LogP contribution in [0.2, 0.25) is 0 Å². The van der Waals surface area contributed by atoms with Crippen molar-refractivity contribution >= 4 is 22.5 Å². The molecule has 0 saturated carbocycles. The summed E-state index contributed by atoms with van der Waals surface area (Å²) in [5.41, 5.74) is 3.03. The molecule has 3 aromatic heterocycles. The van der Waals surface area contributed by atoms with Crippen LogP contribution in [0.15, 0.2) is 30.5 Å². The second kappa shape index (κ2) is 9.14. The molecule has 10 nitrogen and oxygen atoms in total. The van der Waals surface area contributed by atoms with E-state index in [0.717, 1.165) is 17.7 Å². The molecule has 196 valence electrons. The molecule has 6 rings (SSSR count). The van der Waals surface area contributed by atoms with Crippen molar-refractivity contribution in [3.8, 4) is 17.0 Å². The average molecular weight is 517 g/mol. The van der Waals surface area contributed by atoms with Crippen LogP contribution in [0, 0.1) is 0 Å². The summed E-state index contributed by atoms with van der Waals surface area (Å²) in [5.74, 6) is 0.573. The predicted molar refractivity (Wildman–Crippen MR) is 130 cm³/mol. The molecule has 0 aliphatic carbocycles. The highest BCUT2D eigenvalue weighted by Gasteiger charge is 2.43. The van der Waals surface area contributed by atoms with Gasteiger partial charge in [0, 0.05) is 24.8 Å². The Labute approximate surface area is 210 Å². The van der Waals surface area contributed by atoms with Gasteiger partial charge in [-0.3, -0.25) is 4.90 Å². The highest BCUT2D eigenvalue weighted by Crippen LogP contribution is 2.34. The highest BCUT2D eigenvalue weighted by atomic mass is 19.3. The van der Waals surface area contributed by atoms with Gasteiger partial charge in [0.2, 0.25) is 11.8 Å². The molecular formula is C24H27F3N8O2. The van der Waals surface area contributed by atoms with Gasteiger partial charge in [0.1, 0.15) is 23.7 Å². The standard InChI is InChI=1S/C24H27F3N8O2/c1-24(12-37-13-24)33-7-6-17(16(25)10-33)28-23-29-22(36-2)21-15(5-8-34(21)31-23)14-3-4-18-19(9-14)35(32-30-18)11-20(26)27/h3-5,8-9,16-17,20H,6-7,10-13H2,1-2H3,(H,28,31)/t16-,17+/m1/s1. The molecule has 2 saturated heterocycles. The molecule has 13 heteroatoms. The largest absolute Gasteiger partial charge is 0.479 e. The van der Waals surface area contributed by atoms with Gasteiger partial charge in [-0.25, -0.2) is 22.4 Å². The van der Waals surface area contributed by atoms with Crippen molar-refractivity contribution in [2.75, 3.05) is 38.7 Å². The van der Waals surface area contributed by atoms with Crippen LogP contribution in [0.3, 0.4) is 0 Å². The number of halogens is 3. The van der Waals surface area contributed by atoms with Crippen molar-refractivity contribution in [2.24, 2.45) is 0 Å². The van der Waals surface area contributed by atoms with E-state index in [-0.39, 0.29) is 11.5 Å². The fourth-order valence-electron chi connectivity index (χ4n) is 5.13. The number of anilines is 1. The van der Waals surface area contributed by atoms with Gasteiger partial charge in [0.15, 0.2) is 0 Å². The smallest absolute Gasteiger partial charge is 0.258 e. The Balaban J connectivity index is 1.27. The minimum absolute atomic E-state index is 0.0916. The zero-order valence-corrected chi connectivity index (χ0v) is 20.4. The molecule has 2 aliphatic rings. The second-order valence-corrected chi connectivity index (χ2v) is 9.82. The van der Waals surface area contributed by atoms with E-state index in [1.54, 1.807) is 22.8 Å². The first-order chi connectivity index (χ1) is 17.8. The molecular weight excluding hydrogens is 489 g/mol. The van der Waals surface area contributed by atoms with Gasteiger partial charge in [-0.1, -0.05) is 11.3 Å². The lowest BCUT2D eigenvalue weighted by atomic mass is 9.92. The maximum Gasteiger partial charge on any atom is 0.258 e. The number of methoxy groups -OCH3 is 1. The molecule has 0 radical (unpaired) electrons. The van der Waals surface area contributed by atoms with E-state index in [9.17, 15) is 8.78 Å². The van der Waals surface area contributed by atoms with Gasteiger partial charge < -0.3 is 14.8 Å². The number of hydrogen-bond acceptors (Lipinski definition) is 8. The number of rotatable bonds is 7. The summed E-state index contributed by atoms with van der Waals surface area (Å²) in [5, 5.41) is 15.5. The summed E-state index contributed by atoms with van der Waals surface area (Å²) in [6.45, 7) is 3.89. The number of nitrogens with zero attached hydrogens (tertiary/aromatic N) is 7. The van der Waals surface area contributed by atoms with Crippen molar-refractivity contribution in [2.45, 2.75) is 44.1 Å². The molecule has 1 aromatic carbocycles. The summed E-state index contributed by atoms with van der Waals surface area (Å²) < 4.78 is 54.8. The number of piperidine rings is 1. The Morgan fingerprint density at radius 1 is 1.27 bits per heavy atom.